The summed E-state index contributed by atoms with van der Waals surface area (Å²) in [5, 5.41) is 11.8. The van der Waals surface area contributed by atoms with Crippen molar-refractivity contribution in [3.8, 4) is 5.75 Å². The maximum atomic E-state index is 12.4. The van der Waals surface area contributed by atoms with Crippen molar-refractivity contribution in [2.24, 2.45) is 0 Å². The van der Waals surface area contributed by atoms with Gasteiger partial charge in [0, 0.05) is 18.8 Å². The van der Waals surface area contributed by atoms with Crippen molar-refractivity contribution in [3.63, 3.8) is 0 Å². The number of nitrogens with one attached hydrogen (secondary N) is 1. The van der Waals surface area contributed by atoms with Crippen LogP contribution < -0.4 is 5.32 Å². The van der Waals surface area contributed by atoms with E-state index in [1.807, 2.05) is 0 Å². The highest BCUT2D eigenvalue weighted by atomic mass is 32.2. The molecule has 8 nitrogen and oxygen atoms in total. The van der Waals surface area contributed by atoms with Crippen LogP contribution in [-0.4, -0.2) is 49.4 Å². The molecule has 0 saturated carbocycles. The molecule has 0 unspecified atom stereocenters. The molecule has 0 saturated heterocycles. The second-order valence-corrected chi connectivity index (χ2v) is 8.10. The van der Waals surface area contributed by atoms with Gasteiger partial charge in [0.15, 0.2) is 6.61 Å². The highest BCUT2D eigenvalue weighted by molar-refractivity contribution is 7.89. The number of carbonyl (C=O) groups excluding carboxylic acids is 2. The van der Waals surface area contributed by atoms with Gasteiger partial charge in [-0.1, -0.05) is 26.0 Å². The first kappa shape index (κ1) is 22.4. The zero-order chi connectivity index (χ0) is 21.4. The van der Waals surface area contributed by atoms with Crippen molar-refractivity contribution in [3.05, 3.63) is 54.1 Å². The van der Waals surface area contributed by atoms with Gasteiger partial charge in [0.25, 0.3) is 5.91 Å². The van der Waals surface area contributed by atoms with E-state index in [9.17, 15) is 23.1 Å². The van der Waals surface area contributed by atoms with E-state index in [1.165, 1.54) is 40.7 Å². The number of benzene rings is 2. The molecule has 2 N–H and O–H groups in total. The van der Waals surface area contributed by atoms with Gasteiger partial charge < -0.3 is 15.2 Å². The molecule has 0 radical (unpaired) electrons. The van der Waals surface area contributed by atoms with E-state index < -0.39 is 28.5 Å². The monoisotopic (exact) mass is 420 g/mol. The summed E-state index contributed by atoms with van der Waals surface area (Å²) >= 11 is 0. The molecular formula is C20H24N2O6S. The fraction of sp³-hybridized carbons (Fsp3) is 0.300. The number of nitrogens with zero attached hydrogens (tertiary/aromatic N) is 1. The predicted octanol–water partition coefficient (Wildman–Crippen LogP) is 2.15. The highest BCUT2D eigenvalue weighted by Crippen LogP contribution is 2.18. The first-order valence-electron chi connectivity index (χ1n) is 9.09. The van der Waals surface area contributed by atoms with E-state index in [2.05, 4.69) is 5.32 Å². The third-order valence-corrected chi connectivity index (χ3v) is 6.19. The average Bonchev–Trinajstić information content (AvgIpc) is 2.69. The van der Waals surface area contributed by atoms with E-state index in [0.29, 0.717) is 24.3 Å². The highest BCUT2D eigenvalue weighted by Gasteiger charge is 2.21. The van der Waals surface area contributed by atoms with E-state index in [0.717, 1.165) is 0 Å². The van der Waals surface area contributed by atoms with Crippen LogP contribution in [0.15, 0.2) is 53.4 Å². The summed E-state index contributed by atoms with van der Waals surface area (Å²) in [7, 11) is -3.56. The Kier molecular flexibility index (Phi) is 7.74. The van der Waals surface area contributed by atoms with Gasteiger partial charge in [-0.2, -0.15) is 4.31 Å². The zero-order valence-electron chi connectivity index (χ0n) is 16.3. The maximum Gasteiger partial charge on any atom is 0.310 e. The smallest absolute Gasteiger partial charge is 0.310 e. The molecule has 9 heteroatoms. The number of phenols is 1. The number of rotatable bonds is 9. The van der Waals surface area contributed by atoms with Gasteiger partial charge in [0.2, 0.25) is 10.0 Å². The van der Waals surface area contributed by atoms with Gasteiger partial charge in [0.1, 0.15) is 5.75 Å². The van der Waals surface area contributed by atoms with Crippen LogP contribution in [-0.2, 0) is 30.8 Å². The fourth-order valence-electron chi connectivity index (χ4n) is 2.60. The van der Waals surface area contributed by atoms with Crippen LogP contribution in [0.2, 0.25) is 0 Å². The molecule has 0 spiro atoms. The lowest BCUT2D eigenvalue weighted by molar-refractivity contribution is -0.146. The quantitative estimate of drug-likeness (QED) is 0.601. The minimum Gasteiger partial charge on any atom is -0.508 e. The summed E-state index contributed by atoms with van der Waals surface area (Å²) in [5.41, 5.74) is 1.04. The number of ether oxygens (including phenoxy) is 1. The summed E-state index contributed by atoms with van der Waals surface area (Å²) in [6.07, 6.45) is -0.0223. The van der Waals surface area contributed by atoms with Crippen molar-refractivity contribution >= 4 is 27.6 Å². The van der Waals surface area contributed by atoms with E-state index in [4.69, 9.17) is 4.74 Å². The summed E-state index contributed by atoms with van der Waals surface area (Å²) in [6, 6.07) is 11.9. The lowest BCUT2D eigenvalue weighted by Gasteiger charge is -2.18. The summed E-state index contributed by atoms with van der Waals surface area (Å²) < 4.78 is 31.2. The van der Waals surface area contributed by atoms with E-state index >= 15 is 0 Å². The Morgan fingerprint density at radius 3 is 2.14 bits per heavy atom. The van der Waals surface area contributed by atoms with Crippen LogP contribution in [0.5, 0.6) is 5.75 Å². The lowest BCUT2D eigenvalue weighted by Crippen LogP contribution is -2.30. The fourth-order valence-corrected chi connectivity index (χ4v) is 4.06. The Bertz CT molecular complexity index is 936. The molecule has 0 aliphatic carbocycles. The molecular weight excluding hydrogens is 396 g/mol. The number of aromatic hydroxyl groups is 1. The second kappa shape index (κ2) is 10.0. The second-order valence-electron chi connectivity index (χ2n) is 6.17. The van der Waals surface area contributed by atoms with Gasteiger partial charge >= 0.3 is 5.97 Å². The molecule has 0 bridgehead atoms. The van der Waals surface area contributed by atoms with Crippen LogP contribution in [0, 0.1) is 0 Å². The molecule has 29 heavy (non-hydrogen) atoms. The van der Waals surface area contributed by atoms with Gasteiger partial charge in [0.05, 0.1) is 11.3 Å². The molecule has 0 heterocycles. The third kappa shape index (κ3) is 6.30. The number of carbonyl (C=O) groups is 2. The van der Waals surface area contributed by atoms with Gasteiger partial charge in [-0.3, -0.25) is 9.59 Å². The first-order chi connectivity index (χ1) is 13.8. The Morgan fingerprint density at radius 1 is 1.00 bits per heavy atom. The van der Waals surface area contributed by atoms with Crippen LogP contribution >= 0.6 is 0 Å². The molecule has 156 valence electrons. The molecule has 0 atom stereocenters. The zero-order valence-corrected chi connectivity index (χ0v) is 17.1. The predicted molar refractivity (Wildman–Crippen MR) is 108 cm³/mol. The number of hydrogen-bond donors (Lipinski definition) is 2. The topological polar surface area (TPSA) is 113 Å². The molecule has 1 amide bonds. The van der Waals surface area contributed by atoms with Crippen LogP contribution in [0.25, 0.3) is 0 Å². The SMILES string of the molecule is CCN(CC)S(=O)(=O)c1ccc(NC(=O)COC(=O)Cc2ccc(O)cc2)cc1. The molecule has 2 aromatic rings. The average molecular weight is 420 g/mol. The summed E-state index contributed by atoms with van der Waals surface area (Å²) in [6.45, 7) is 3.80. The van der Waals surface area contributed by atoms with Crippen LogP contribution in [0.4, 0.5) is 5.69 Å². The van der Waals surface area contributed by atoms with Crippen LogP contribution in [0.1, 0.15) is 19.4 Å². The molecule has 0 aromatic heterocycles. The third-order valence-electron chi connectivity index (χ3n) is 4.13. The minimum atomic E-state index is -3.56. The Hall–Kier alpha value is -2.91. The molecule has 0 fully saturated rings. The summed E-state index contributed by atoms with van der Waals surface area (Å²) in [5.74, 6) is -1.02. The Balaban J connectivity index is 1.87. The molecule has 0 aliphatic heterocycles. The number of sulfonamides is 1. The van der Waals surface area contributed by atoms with Crippen molar-refractivity contribution < 1.29 is 27.9 Å². The number of phenolic OH excluding ortho intramolecular Hbond substituents is 1. The number of amides is 1. The van der Waals surface area contributed by atoms with Gasteiger partial charge in [-0.15, -0.1) is 0 Å². The Labute approximate surface area is 170 Å². The van der Waals surface area contributed by atoms with E-state index in [-0.39, 0.29) is 17.1 Å². The number of hydrogen-bond acceptors (Lipinski definition) is 6. The minimum absolute atomic E-state index is 0.0223. The lowest BCUT2D eigenvalue weighted by atomic mass is 10.1. The normalized spacial score (nSPS) is 11.3. The van der Waals surface area contributed by atoms with Gasteiger partial charge in [-0.05, 0) is 42.0 Å². The molecule has 2 rings (SSSR count). The maximum absolute atomic E-state index is 12.4. The van der Waals surface area contributed by atoms with Crippen LogP contribution in [0.3, 0.4) is 0 Å². The first-order valence-corrected chi connectivity index (χ1v) is 10.5. The molecule has 2 aromatic carbocycles. The Morgan fingerprint density at radius 2 is 1.59 bits per heavy atom. The number of esters is 1. The standard InChI is InChI=1S/C20H24N2O6S/c1-3-22(4-2)29(26,27)18-11-7-16(8-12-18)21-19(24)14-28-20(25)13-15-5-9-17(23)10-6-15/h5-12,23H,3-4,13-14H2,1-2H3,(H,21,24). The van der Waals surface area contributed by atoms with Gasteiger partial charge in [-0.25, -0.2) is 8.42 Å². The summed E-state index contributed by atoms with van der Waals surface area (Å²) in [4.78, 5) is 23.9. The van der Waals surface area contributed by atoms with E-state index in [1.54, 1.807) is 26.0 Å². The number of anilines is 1. The van der Waals surface area contributed by atoms with Crippen molar-refractivity contribution in [1.82, 2.24) is 4.31 Å². The molecule has 0 aliphatic rings. The largest absolute Gasteiger partial charge is 0.508 e. The van der Waals surface area contributed by atoms with Crippen molar-refractivity contribution in [2.75, 3.05) is 25.0 Å². The van der Waals surface area contributed by atoms with Crippen molar-refractivity contribution in [2.45, 2.75) is 25.2 Å². The van der Waals surface area contributed by atoms with Crippen molar-refractivity contribution in [1.29, 1.82) is 0 Å².